The molecule has 0 saturated heterocycles. The summed E-state index contributed by atoms with van der Waals surface area (Å²) in [6, 6.07) is 6.25. The van der Waals surface area contributed by atoms with Crippen molar-refractivity contribution in [2.24, 2.45) is 0 Å². The van der Waals surface area contributed by atoms with Crippen molar-refractivity contribution in [1.82, 2.24) is 0 Å². The normalized spacial score (nSPS) is 9.93. The molecule has 1 heteroatoms. The Balaban J connectivity index is 2.79. The molecule has 0 heterocycles. The molecule has 0 spiro atoms. The molecule has 0 aliphatic carbocycles. The van der Waals surface area contributed by atoms with Crippen molar-refractivity contribution in [2.45, 2.75) is 25.7 Å². The zero-order valence-electron chi connectivity index (χ0n) is 9.01. The molecule has 0 aliphatic heterocycles. The van der Waals surface area contributed by atoms with E-state index in [-0.39, 0.29) is 0 Å². The summed E-state index contributed by atoms with van der Waals surface area (Å²) in [6.45, 7) is 7.44. The summed E-state index contributed by atoms with van der Waals surface area (Å²) < 4.78 is 0. The fourth-order valence-corrected chi connectivity index (χ4v) is 1.85. The first-order chi connectivity index (χ1) is 7.29. The Morgan fingerprint density at radius 3 is 1.87 bits per heavy atom. The second-order valence-corrected chi connectivity index (χ2v) is 3.92. The highest BCUT2D eigenvalue weighted by atomic mass is 35.5. The van der Waals surface area contributed by atoms with Crippen LogP contribution in [0, 0.1) is 0 Å². The summed E-state index contributed by atoms with van der Waals surface area (Å²) in [5.41, 5.74) is 2.44. The first kappa shape index (κ1) is 12.1. The lowest BCUT2D eigenvalue weighted by atomic mass is 10.0. The van der Waals surface area contributed by atoms with E-state index in [1.54, 1.807) is 0 Å². The van der Waals surface area contributed by atoms with E-state index in [0.717, 1.165) is 30.7 Å². The summed E-state index contributed by atoms with van der Waals surface area (Å²) in [5.74, 6) is 0. The van der Waals surface area contributed by atoms with E-state index in [1.807, 2.05) is 12.2 Å². The van der Waals surface area contributed by atoms with E-state index in [2.05, 4.69) is 31.4 Å². The van der Waals surface area contributed by atoms with E-state index < -0.39 is 0 Å². The van der Waals surface area contributed by atoms with Gasteiger partial charge in [-0.15, -0.1) is 13.2 Å². The molecule has 1 aromatic rings. The number of aryl methyl sites for hydroxylation is 2. The highest BCUT2D eigenvalue weighted by Crippen LogP contribution is 2.23. The van der Waals surface area contributed by atoms with Gasteiger partial charge in [-0.25, -0.2) is 0 Å². The summed E-state index contributed by atoms with van der Waals surface area (Å²) in [6.07, 6.45) is 7.75. The summed E-state index contributed by atoms with van der Waals surface area (Å²) in [7, 11) is 0. The Labute approximate surface area is 97.3 Å². The fourth-order valence-electron chi connectivity index (χ4n) is 1.53. The Morgan fingerprint density at radius 1 is 1.00 bits per heavy atom. The third-order valence-electron chi connectivity index (χ3n) is 2.39. The molecule has 1 rings (SSSR count). The molecule has 0 bridgehead atoms. The number of benzene rings is 1. The van der Waals surface area contributed by atoms with Crippen molar-refractivity contribution in [3.05, 3.63) is 59.7 Å². The van der Waals surface area contributed by atoms with Crippen LogP contribution in [0.4, 0.5) is 0 Å². The Bertz CT molecular complexity index is 309. The van der Waals surface area contributed by atoms with Gasteiger partial charge in [-0.05, 0) is 36.8 Å². The average Bonchev–Trinajstić information content (AvgIpc) is 2.26. The van der Waals surface area contributed by atoms with Crippen molar-refractivity contribution >= 4 is 11.6 Å². The van der Waals surface area contributed by atoms with Crippen LogP contribution in [0.15, 0.2) is 43.5 Å². The first-order valence-electron chi connectivity index (χ1n) is 5.27. The lowest BCUT2D eigenvalue weighted by Gasteiger charge is -2.07. The highest BCUT2D eigenvalue weighted by Gasteiger charge is 2.04. The Hall–Kier alpha value is -1.01. The van der Waals surface area contributed by atoms with E-state index in [0.29, 0.717) is 0 Å². The van der Waals surface area contributed by atoms with E-state index in [1.165, 1.54) is 11.1 Å². The number of hydrogen-bond donors (Lipinski definition) is 0. The van der Waals surface area contributed by atoms with Crippen molar-refractivity contribution in [3.8, 4) is 0 Å². The minimum atomic E-state index is 0.918. The minimum absolute atomic E-state index is 0.918. The molecule has 0 aliphatic rings. The van der Waals surface area contributed by atoms with Gasteiger partial charge < -0.3 is 0 Å². The predicted molar refractivity (Wildman–Crippen MR) is 68.5 cm³/mol. The topological polar surface area (TPSA) is 0 Å². The number of halogens is 1. The van der Waals surface area contributed by atoms with Crippen LogP contribution in [-0.4, -0.2) is 0 Å². The molecule has 15 heavy (non-hydrogen) atoms. The van der Waals surface area contributed by atoms with Crippen molar-refractivity contribution in [3.63, 3.8) is 0 Å². The molecular weight excluding hydrogens is 204 g/mol. The van der Waals surface area contributed by atoms with Gasteiger partial charge in [0.15, 0.2) is 0 Å². The molecule has 0 N–H and O–H groups in total. The van der Waals surface area contributed by atoms with Crippen molar-refractivity contribution in [2.75, 3.05) is 0 Å². The molecule has 80 valence electrons. The standard InChI is InChI=1S/C14H17Cl/c1-3-5-8-12-10-7-11-13(14(12)15)9-6-4-2/h3-4,7,10-11H,1-2,5-6,8-9H2. The molecule has 0 amide bonds. The third kappa shape index (κ3) is 3.56. The third-order valence-corrected chi connectivity index (χ3v) is 2.88. The first-order valence-corrected chi connectivity index (χ1v) is 5.65. The highest BCUT2D eigenvalue weighted by molar-refractivity contribution is 6.32. The van der Waals surface area contributed by atoms with Gasteiger partial charge in [0.1, 0.15) is 0 Å². The smallest absolute Gasteiger partial charge is 0.0470 e. The van der Waals surface area contributed by atoms with Gasteiger partial charge in [0, 0.05) is 5.02 Å². The molecule has 0 saturated carbocycles. The lowest BCUT2D eigenvalue weighted by Crippen LogP contribution is -1.91. The van der Waals surface area contributed by atoms with Crippen LogP contribution >= 0.6 is 11.6 Å². The predicted octanol–water partition coefficient (Wildman–Crippen LogP) is 4.58. The van der Waals surface area contributed by atoms with Gasteiger partial charge in [-0.2, -0.15) is 0 Å². The molecule has 0 unspecified atom stereocenters. The summed E-state index contributed by atoms with van der Waals surface area (Å²) >= 11 is 6.31. The lowest BCUT2D eigenvalue weighted by molar-refractivity contribution is 0.969. The molecule has 0 aromatic heterocycles. The maximum atomic E-state index is 6.31. The minimum Gasteiger partial charge on any atom is -0.103 e. The van der Waals surface area contributed by atoms with Gasteiger partial charge in [-0.3, -0.25) is 0 Å². The van der Waals surface area contributed by atoms with E-state index >= 15 is 0 Å². The van der Waals surface area contributed by atoms with Gasteiger partial charge in [0.05, 0.1) is 0 Å². The Morgan fingerprint density at radius 2 is 1.47 bits per heavy atom. The number of rotatable bonds is 6. The monoisotopic (exact) mass is 220 g/mol. The largest absolute Gasteiger partial charge is 0.103 e. The van der Waals surface area contributed by atoms with Gasteiger partial charge >= 0.3 is 0 Å². The van der Waals surface area contributed by atoms with E-state index in [9.17, 15) is 0 Å². The average molecular weight is 221 g/mol. The fraction of sp³-hybridized carbons (Fsp3) is 0.286. The maximum Gasteiger partial charge on any atom is 0.0470 e. The zero-order valence-corrected chi connectivity index (χ0v) is 9.76. The maximum absolute atomic E-state index is 6.31. The van der Waals surface area contributed by atoms with Crippen LogP contribution < -0.4 is 0 Å². The summed E-state index contributed by atoms with van der Waals surface area (Å²) in [4.78, 5) is 0. The van der Waals surface area contributed by atoms with Crippen LogP contribution in [-0.2, 0) is 12.8 Å². The second kappa shape index (κ2) is 6.47. The quantitative estimate of drug-likeness (QED) is 0.616. The molecule has 0 atom stereocenters. The van der Waals surface area contributed by atoms with Crippen LogP contribution in [0.1, 0.15) is 24.0 Å². The SMILES string of the molecule is C=CCCc1cccc(CCC=C)c1Cl. The van der Waals surface area contributed by atoms with Gasteiger partial charge in [0.25, 0.3) is 0 Å². The van der Waals surface area contributed by atoms with Crippen molar-refractivity contribution < 1.29 is 0 Å². The molecule has 0 fully saturated rings. The zero-order chi connectivity index (χ0) is 11.1. The van der Waals surface area contributed by atoms with Crippen molar-refractivity contribution in [1.29, 1.82) is 0 Å². The van der Waals surface area contributed by atoms with E-state index in [4.69, 9.17) is 11.6 Å². The molecular formula is C14H17Cl. The second-order valence-electron chi connectivity index (χ2n) is 3.54. The Kier molecular flexibility index (Phi) is 5.20. The number of hydrogen-bond acceptors (Lipinski definition) is 0. The van der Waals surface area contributed by atoms with Crippen LogP contribution in [0.5, 0.6) is 0 Å². The summed E-state index contributed by atoms with van der Waals surface area (Å²) in [5, 5.41) is 0.918. The van der Waals surface area contributed by atoms with Crippen LogP contribution in [0.2, 0.25) is 5.02 Å². The molecule has 1 aromatic carbocycles. The molecule has 0 nitrogen and oxygen atoms in total. The van der Waals surface area contributed by atoms with Gasteiger partial charge in [0.2, 0.25) is 0 Å². The molecule has 0 radical (unpaired) electrons. The van der Waals surface area contributed by atoms with Crippen LogP contribution in [0.25, 0.3) is 0 Å². The van der Waals surface area contributed by atoms with Crippen LogP contribution in [0.3, 0.4) is 0 Å². The number of allylic oxidation sites excluding steroid dienone is 2. The van der Waals surface area contributed by atoms with Gasteiger partial charge in [-0.1, -0.05) is 42.0 Å².